The van der Waals surface area contributed by atoms with Crippen LogP contribution in [0.1, 0.15) is 6.92 Å². The Labute approximate surface area is 113 Å². The number of rotatable bonds is 4. The van der Waals surface area contributed by atoms with Crippen LogP contribution in [0.4, 0.5) is 5.69 Å². The van der Waals surface area contributed by atoms with Gasteiger partial charge in [0.15, 0.2) is 0 Å². The van der Waals surface area contributed by atoms with Crippen LogP contribution in [0.3, 0.4) is 0 Å². The number of ether oxygens (including phenoxy) is 2. The fourth-order valence-corrected chi connectivity index (χ4v) is 2.30. The lowest BCUT2D eigenvalue weighted by Crippen LogP contribution is -2.28. The number of amides is 1. The van der Waals surface area contributed by atoms with Gasteiger partial charge in [-0.25, -0.2) is 0 Å². The largest absolute Gasteiger partial charge is 0.497 e. The second kappa shape index (κ2) is 5.93. The van der Waals surface area contributed by atoms with E-state index >= 15 is 0 Å². The summed E-state index contributed by atoms with van der Waals surface area (Å²) < 4.78 is 10.4. The van der Waals surface area contributed by atoms with Crippen molar-refractivity contribution in [2.24, 2.45) is 11.8 Å². The second-order valence-corrected chi connectivity index (χ2v) is 4.80. The minimum atomic E-state index is -0.00379. The molecule has 2 N–H and O–H groups in total. The lowest BCUT2D eigenvalue weighted by atomic mass is 9.97. The van der Waals surface area contributed by atoms with Gasteiger partial charge >= 0.3 is 0 Å². The monoisotopic (exact) mass is 264 g/mol. The molecular formula is C14H20N2O3. The van der Waals surface area contributed by atoms with Crippen LogP contribution in [0.2, 0.25) is 0 Å². The quantitative estimate of drug-likeness (QED) is 0.865. The fraction of sp³-hybridized carbons (Fsp3) is 0.500. The summed E-state index contributed by atoms with van der Waals surface area (Å²) in [4.78, 5) is 12.2. The molecule has 5 heteroatoms. The molecule has 0 radical (unpaired) electrons. The van der Waals surface area contributed by atoms with Crippen molar-refractivity contribution < 1.29 is 14.3 Å². The van der Waals surface area contributed by atoms with E-state index in [4.69, 9.17) is 9.47 Å². The summed E-state index contributed by atoms with van der Waals surface area (Å²) in [6.45, 7) is 3.68. The van der Waals surface area contributed by atoms with Crippen molar-refractivity contribution in [3.63, 3.8) is 0 Å². The van der Waals surface area contributed by atoms with Gasteiger partial charge in [0.05, 0.1) is 25.8 Å². The molecule has 1 heterocycles. The van der Waals surface area contributed by atoms with Gasteiger partial charge in [-0.1, -0.05) is 6.92 Å². The molecule has 0 saturated carbocycles. The maximum Gasteiger partial charge on any atom is 0.229 e. The van der Waals surface area contributed by atoms with Gasteiger partial charge in [0, 0.05) is 12.6 Å². The number of hydrogen-bond donors (Lipinski definition) is 2. The van der Waals surface area contributed by atoms with E-state index in [9.17, 15) is 4.79 Å². The first kappa shape index (κ1) is 13.7. The van der Waals surface area contributed by atoms with Crippen LogP contribution in [0.5, 0.6) is 11.5 Å². The summed E-state index contributed by atoms with van der Waals surface area (Å²) in [7, 11) is 3.17. The van der Waals surface area contributed by atoms with E-state index in [-0.39, 0.29) is 11.8 Å². The van der Waals surface area contributed by atoms with Crippen LogP contribution in [-0.4, -0.2) is 33.2 Å². The zero-order valence-electron chi connectivity index (χ0n) is 11.5. The summed E-state index contributed by atoms with van der Waals surface area (Å²) in [5, 5.41) is 6.15. The van der Waals surface area contributed by atoms with Crippen molar-refractivity contribution in [2.45, 2.75) is 6.92 Å². The molecule has 1 aliphatic rings. The number of benzene rings is 1. The van der Waals surface area contributed by atoms with Crippen molar-refractivity contribution in [3.05, 3.63) is 18.2 Å². The molecule has 0 aliphatic carbocycles. The highest BCUT2D eigenvalue weighted by Gasteiger charge is 2.29. The lowest BCUT2D eigenvalue weighted by Gasteiger charge is -2.16. The maximum absolute atomic E-state index is 12.2. The maximum atomic E-state index is 12.2. The van der Waals surface area contributed by atoms with Gasteiger partial charge in [-0.3, -0.25) is 4.79 Å². The summed E-state index contributed by atoms with van der Waals surface area (Å²) >= 11 is 0. The highest BCUT2D eigenvalue weighted by atomic mass is 16.5. The average molecular weight is 264 g/mol. The third kappa shape index (κ3) is 2.98. The van der Waals surface area contributed by atoms with E-state index in [0.29, 0.717) is 23.1 Å². The summed E-state index contributed by atoms with van der Waals surface area (Å²) in [6, 6.07) is 5.35. The van der Waals surface area contributed by atoms with Gasteiger partial charge in [0.25, 0.3) is 0 Å². The zero-order valence-corrected chi connectivity index (χ0v) is 11.5. The van der Waals surface area contributed by atoms with Crippen LogP contribution in [0.15, 0.2) is 18.2 Å². The number of anilines is 1. The topological polar surface area (TPSA) is 59.6 Å². The normalized spacial score (nSPS) is 22.1. The van der Waals surface area contributed by atoms with Crippen molar-refractivity contribution in [1.29, 1.82) is 0 Å². The molecule has 1 fully saturated rings. The molecule has 0 bridgehead atoms. The predicted molar refractivity (Wildman–Crippen MR) is 73.7 cm³/mol. The Morgan fingerprint density at radius 2 is 2.11 bits per heavy atom. The van der Waals surface area contributed by atoms with E-state index < -0.39 is 0 Å². The molecule has 1 aliphatic heterocycles. The highest BCUT2D eigenvalue weighted by Crippen LogP contribution is 2.30. The Morgan fingerprint density at radius 3 is 2.68 bits per heavy atom. The molecule has 19 heavy (non-hydrogen) atoms. The fourth-order valence-electron chi connectivity index (χ4n) is 2.30. The Hall–Kier alpha value is -1.75. The van der Waals surface area contributed by atoms with Gasteiger partial charge in [-0.15, -0.1) is 0 Å². The van der Waals surface area contributed by atoms with Crippen molar-refractivity contribution >= 4 is 11.6 Å². The molecule has 1 aromatic rings. The molecule has 2 atom stereocenters. The van der Waals surface area contributed by atoms with E-state index in [1.165, 1.54) is 0 Å². The Bertz CT molecular complexity index is 462. The van der Waals surface area contributed by atoms with Crippen molar-refractivity contribution in [3.8, 4) is 11.5 Å². The highest BCUT2D eigenvalue weighted by molar-refractivity contribution is 5.94. The summed E-state index contributed by atoms with van der Waals surface area (Å²) in [5.74, 6) is 1.68. The van der Waals surface area contributed by atoms with Crippen LogP contribution in [-0.2, 0) is 4.79 Å². The number of carbonyl (C=O) groups excluding carboxylic acids is 1. The van der Waals surface area contributed by atoms with E-state index in [2.05, 4.69) is 17.6 Å². The Balaban J connectivity index is 2.15. The van der Waals surface area contributed by atoms with E-state index in [1.54, 1.807) is 32.4 Å². The van der Waals surface area contributed by atoms with Crippen LogP contribution in [0, 0.1) is 11.8 Å². The Kier molecular flexibility index (Phi) is 4.27. The summed E-state index contributed by atoms with van der Waals surface area (Å²) in [6.07, 6.45) is 0. The zero-order chi connectivity index (χ0) is 13.8. The Morgan fingerprint density at radius 1 is 1.32 bits per heavy atom. The third-order valence-corrected chi connectivity index (χ3v) is 3.52. The van der Waals surface area contributed by atoms with E-state index in [1.807, 2.05) is 0 Å². The molecule has 0 aromatic heterocycles. The molecular weight excluding hydrogens is 244 g/mol. The number of nitrogens with one attached hydrogen (secondary N) is 2. The van der Waals surface area contributed by atoms with Crippen LogP contribution in [0.25, 0.3) is 0 Å². The summed E-state index contributed by atoms with van der Waals surface area (Å²) in [5.41, 5.74) is 0.644. The predicted octanol–water partition coefficient (Wildman–Crippen LogP) is 1.50. The minimum Gasteiger partial charge on any atom is -0.497 e. The van der Waals surface area contributed by atoms with Gasteiger partial charge in [-0.2, -0.15) is 0 Å². The number of methoxy groups -OCH3 is 2. The number of hydrogen-bond acceptors (Lipinski definition) is 4. The van der Waals surface area contributed by atoms with Crippen molar-refractivity contribution in [1.82, 2.24) is 5.32 Å². The molecule has 1 saturated heterocycles. The first-order chi connectivity index (χ1) is 9.15. The second-order valence-electron chi connectivity index (χ2n) is 4.80. The van der Waals surface area contributed by atoms with Crippen LogP contribution >= 0.6 is 0 Å². The van der Waals surface area contributed by atoms with Crippen LogP contribution < -0.4 is 20.1 Å². The molecule has 104 valence electrons. The lowest BCUT2D eigenvalue weighted by molar-refractivity contribution is -0.120. The van der Waals surface area contributed by atoms with Gasteiger partial charge < -0.3 is 20.1 Å². The molecule has 0 spiro atoms. The van der Waals surface area contributed by atoms with Gasteiger partial charge in [-0.05, 0) is 24.6 Å². The first-order valence-corrected chi connectivity index (χ1v) is 6.39. The molecule has 2 rings (SSSR count). The van der Waals surface area contributed by atoms with E-state index in [0.717, 1.165) is 13.1 Å². The van der Waals surface area contributed by atoms with Gasteiger partial charge in [0.2, 0.25) is 5.91 Å². The molecule has 1 aromatic carbocycles. The van der Waals surface area contributed by atoms with Crippen molar-refractivity contribution in [2.75, 3.05) is 32.6 Å². The third-order valence-electron chi connectivity index (χ3n) is 3.52. The van der Waals surface area contributed by atoms with Gasteiger partial charge in [0.1, 0.15) is 11.5 Å². The minimum absolute atomic E-state index is 0.00379. The SMILES string of the molecule is COc1ccc(OC)c(NC(=O)C2CNCC2C)c1. The average Bonchev–Trinajstić information content (AvgIpc) is 2.85. The molecule has 1 amide bonds. The smallest absolute Gasteiger partial charge is 0.229 e. The first-order valence-electron chi connectivity index (χ1n) is 6.39. The standard InChI is InChI=1S/C14H20N2O3/c1-9-7-15-8-11(9)14(17)16-12-6-10(18-2)4-5-13(12)19-3/h4-6,9,11,15H,7-8H2,1-3H3,(H,16,17). The number of carbonyl (C=O) groups is 1. The molecule has 5 nitrogen and oxygen atoms in total. The molecule has 2 unspecified atom stereocenters.